The first-order chi connectivity index (χ1) is 13.7. The van der Waals surface area contributed by atoms with Gasteiger partial charge in [-0.3, -0.25) is 4.79 Å². The van der Waals surface area contributed by atoms with Gasteiger partial charge in [-0.1, -0.05) is 53.9 Å². The second-order valence-corrected chi connectivity index (χ2v) is 12.6. The molecule has 0 bridgehead atoms. The van der Waals surface area contributed by atoms with Gasteiger partial charge in [0.25, 0.3) is 0 Å². The first-order valence-electron chi connectivity index (χ1n) is 12.9. The third-order valence-corrected chi connectivity index (χ3v) is 10.6. The highest BCUT2D eigenvalue weighted by Gasteiger charge is 2.62. The van der Waals surface area contributed by atoms with E-state index < -0.39 is 0 Å². The Balaban J connectivity index is 1.50. The van der Waals surface area contributed by atoms with Crippen molar-refractivity contribution >= 4 is 5.78 Å². The molecule has 0 unspecified atom stereocenters. The van der Waals surface area contributed by atoms with Crippen molar-refractivity contribution in [3.63, 3.8) is 0 Å². The average Bonchev–Trinajstić information content (AvgIpc) is 3.00. The molecule has 4 aliphatic rings. The summed E-state index contributed by atoms with van der Waals surface area (Å²) < 4.78 is 0. The molecular formula is C27H46O2. The lowest BCUT2D eigenvalue weighted by Crippen LogP contribution is -2.57. The minimum atomic E-state index is -0.245. The molecule has 2 heteroatoms. The van der Waals surface area contributed by atoms with Gasteiger partial charge in [-0.15, -0.1) is 0 Å². The number of aliphatic hydroxyl groups is 1. The summed E-state index contributed by atoms with van der Waals surface area (Å²) in [5.74, 6) is 5.21. The number of carbonyl (C=O) groups excluding carboxylic acids is 1. The maximum Gasteiger partial charge on any atom is 0.136 e. The van der Waals surface area contributed by atoms with Crippen molar-refractivity contribution in [2.75, 3.05) is 0 Å². The zero-order valence-electron chi connectivity index (χ0n) is 19.8. The number of aliphatic hydroxyl groups excluding tert-OH is 1. The van der Waals surface area contributed by atoms with Crippen LogP contribution in [0.1, 0.15) is 105 Å². The van der Waals surface area contributed by atoms with Crippen molar-refractivity contribution in [2.24, 2.45) is 52.3 Å². The summed E-state index contributed by atoms with van der Waals surface area (Å²) in [4.78, 5) is 13.2. The quantitative estimate of drug-likeness (QED) is 0.559. The standard InChI is InChI=1S/C27H46O2/c1-17(2)7-6-8-18(3)21-9-10-22-20-16-25(29)24-15-19(28)11-13-27(24,5)23(20)12-14-26(21,22)4/h17-24,28H,6-16H2,1-5H3/t18-,19-,20+,21-,22+,23+,24-,26-,27-/m1/s1. The lowest BCUT2D eigenvalue weighted by atomic mass is 9.44. The molecule has 0 saturated heterocycles. The molecule has 2 nitrogen and oxygen atoms in total. The Morgan fingerprint density at radius 3 is 2.38 bits per heavy atom. The van der Waals surface area contributed by atoms with Crippen LogP contribution in [0.25, 0.3) is 0 Å². The number of ketones is 1. The van der Waals surface area contributed by atoms with Crippen molar-refractivity contribution in [1.82, 2.24) is 0 Å². The smallest absolute Gasteiger partial charge is 0.136 e. The fraction of sp³-hybridized carbons (Fsp3) is 0.963. The van der Waals surface area contributed by atoms with Gasteiger partial charge < -0.3 is 5.11 Å². The molecular weight excluding hydrogens is 356 g/mol. The normalized spacial score (nSPS) is 48.2. The van der Waals surface area contributed by atoms with Gasteiger partial charge in [-0.25, -0.2) is 0 Å². The van der Waals surface area contributed by atoms with Crippen LogP contribution in [0.3, 0.4) is 0 Å². The van der Waals surface area contributed by atoms with Crippen molar-refractivity contribution in [1.29, 1.82) is 0 Å². The highest BCUT2D eigenvalue weighted by atomic mass is 16.3. The van der Waals surface area contributed by atoms with E-state index in [9.17, 15) is 9.90 Å². The van der Waals surface area contributed by atoms with Crippen molar-refractivity contribution in [3.8, 4) is 0 Å². The van der Waals surface area contributed by atoms with E-state index in [1.165, 1.54) is 44.9 Å². The number of Topliss-reactive ketones (excluding diaryl/α,β-unsaturated/α-hetero) is 1. The van der Waals surface area contributed by atoms with Gasteiger partial charge in [-0.2, -0.15) is 0 Å². The van der Waals surface area contributed by atoms with Crippen LogP contribution >= 0.6 is 0 Å². The molecule has 1 N–H and O–H groups in total. The number of hydrogen-bond acceptors (Lipinski definition) is 2. The molecule has 4 saturated carbocycles. The summed E-state index contributed by atoms with van der Waals surface area (Å²) in [5, 5.41) is 10.2. The lowest BCUT2D eigenvalue weighted by Gasteiger charge is -2.60. The van der Waals surface area contributed by atoms with Crippen LogP contribution < -0.4 is 0 Å². The number of fused-ring (bicyclic) bond motifs is 5. The van der Waals surface area contributed by atoms with E-state index in [-0.39, 0.29) is 17.4 Å². The molecule has 4 aliphatic carbocycles. The SMILES string of the molecule is CC(C)CCC[C@@H](C)[C@H]1CC[C@H]2[C@@H]3CC(=O)[C@H]4C[C@H](O)CC[C@]4(C)[C@H]3CC[C@]12C. The molecule has 0 radical (unpaired) electrons. The predicted octanol–water partition coefficient (Wildman–Crippen LogP) is 6.65. The van der Waals surface area contributed by atoms with E-state index in [0.717, 1.165) is 49.4 Å². The van der Waals surface area contributed by atoms with Gasteiger partial charge in [0.05, 0.1) is 6.10 Å². The Hall–Kier alpha value is -0.370. The molecule has 0 aromatic carbocycles. The zero-order valence-corrected chi connectivity index (χ0v) is 19.8. The Morgan fingerprint density at radius 1 is 0.966 bits per heavy atom. The molecule has 4 rings (SSSR count). The fourth-order valence-electron chi connectivity index (χ4n) is 9.04. The summed E-state index contributed by atoms with van der Waals surface area (Å²) in [6.07, 6.45) is 12.8. The van der Waals surface area contributed by atoms with E-state index in [1.807, 2.05) is 0 Å². The molecule has 0 aromatic heterocycles. The van der Waals surface area contributed by atoms with Crippen molar-refractivity contribution in [3.05, 3.63) is 0 Å². The Morgan fingerprint density at radius 2 is 1.66 bits per heavy atom. The minimum Gasteiger partial charge on any atom is -0.393 e. The number of hydrogen-bond donors (Lipinski definition) is 1. The third kappa shape index (κ3) is 3.64. The molecule has 0 amide bonds. The van der Waals surface area contributed by atoms with E-state index in [2.05, 4.69) is 34.6 Å². The van der Waals surface area contributed by atoms with E-state index >= 15 is 0 Å². The van der Waals surface area contributed by atoms with E-state index in [1.54, 1.807) is 0 Å². The second-order valence-electron chi connectivity index (χ2n) is 12.6. The van der Waals surface area contributed by atoms with Crippen LogP contribution in [0.4, 0.5) is 0 Å². The van der Waals surface area contributed by atoms with Crippen LogP contribution in [-0.4, -0.2) is 17.0 Å². The van der Waals surface area contributed by atoms with E-state index in [4.69, 9.17) is 0 Å². The maximum absolute atomic E-state index is 13.2. The summed E-state index contributed by atoms with van der Waals surface area (Å²) in [6.45, 7) is 12.2. The molecule has 4 fully saturated rings. The average molecular weight is 403 g/mol. The first-order valence-corrected chi connectivity index (χ1v) is 12.9. The van der Waals surface area contributed by atoms with Gasteiger partial charge in [0.15, 0.2) is 0 Å². The second kappa shape index (κ2) is 7.95. The molecule has 166 valence electrons. The van der Waals surface area contributed by atoms with Gasteiger partial charge >= 0.3 is 0 Å². The number of rotatable bonds is 5. The van der Waals surface area contributed by atoms with Gasteiger partial charge in [-0.05, 0) is 91.3 Å². The summed E-state index contributed by atoms with van der Waals surface area (Å²) in [5.41, 5.74) is 0.609. The molecule has 0 aliphatic heterocycles. The van der Waals surface area contributed by atoms with Gasteiger partial charge in [0, 0.05) is 12.3 Å². The molecule has 0 aromatic rings. The first kappa shape index (κ1) is 21.8. The highest BCUT2D eigenvalue weighted by Crippen LogP contribution is 2.67. The minimum absolute atomic E-state index is 0.129. The number of carbonyl (C=O) groups is 1. The van der Waals surface area contributed by atoms with Crippen LogP contribution in [0.5, 0.6) is 0 Å². The van der Waals surface area contributed by atoms with Gasteiger partial charge in [0.2, 0.25) is 0 Å². The summed E-state index contributed by atoms with van der Waals surface area (Å²) >= 11 is 0. The lowest BCUT2D eigenvalue weighted by molar-refractivity contribution is -0.160. The van der Waals surface area contributed by atoms with Crippen LogP contribution in [0, 0.1) is 52.3 Å². The summed E-state index contributed by atoms with van der Waals surface area (Å²) in [7, 11) is 0. The van der Waals surface area contributed by atoms with Gasteiger partial charge in [0.1, 0.15) is 5.78 Å². The molecule has 29 heavy (non-hydrogen) atoms. The predicted molar refractivity (Wildman–Crippen MR) is 119 cm³/mol. The topological polar surface area (TPSA) is 37.3 Å². The Labute approximate surface area is 179 Å². The van der Waals surface area contributed by atoms with E-state index in [0.29, 0.717) is 23.0 Å². The molecule has 0 spiro atoms. The van der Waals surface area contributed by atoms with Crippen molar-refractivity contribution in [2.45, 2.75) is 111 Å². The largest absolute Gasteiger partial charge is 0.393 e. The van der Waals surface area contributed by atoms with Crippen LogP contribution in [-0.2, 0) is 4.79 Å². The maximum atomic E-state index is 13.2. The molecule has 9 atom stereocenters. The van der Waals surface area contributed by atoms with Crippen LogP contribution in [0.15, 0.2) is 0 Å². The summed E-state index contributed by atoms with van der Waals surface area (Å²) in [6, 6.07) is 0. The Kier molecular flexibility index (Phi) is 5.99. The zero-order chi connectivity index (χ0) is 21.0. The Bertz CT molecular complexity index is 612. The van der Waals surface area contributed by atoms with Crippen molar-refractivity contribution < 1.29 is 9.90 Å². The fourth-order valence-corrected chi connectivity index (χ4v) is 9.04. The highest BCUT2D eigenvalue weighted by molar-refractivity contribution is 5.83. The third-order valence-electron chi connectivity index (χ3n) is 10.6. The van der Waals surface area contributed by atoms with Crippen LogP contribution in [0.2, 0.25) is 0 Å². The molecule has 0 heterocycles. The monoisotopic (exact) mass is 402 g/mol.